The van der Waals surface area contributed by atoms with Crippen LogP contribution in [0.4, 0.5) is 0 Å². The van der Waals surface area contributed by atoms with Gasteiger partial charge in [0.1, 0.15) is 5.78 Å². The fraction of sp³-hybridized carbons (Fsp3) is 0.750. The van der Waals surface area contributed by atoms with E-state index >= 15 is 0 Å². The molecule has 2 saturated heterocycles. The third-order valence-corrected chi connectivity index (χ3v) is 3.50. The van der Waals surface area contributed by atoms with E-state index in [9.17, 15) is 4.79 Å². The van der Waals surface area contributed by atoms with Crippen LogP contribution < -0.4 is 0 Å². The molecule has 16 heavy (non-hydrogen) atoms. The quantitative estimate of drug-likeness (QED) is 0.530. The third-order valence-electron chi connectivity index (χ3n) is 3.50. The number of hydrogen-bond donors (Lipinski definition) is 0. The molecule has 4 heteroatoms. The summed E-state index contributed by atoms with van der Waals surface area (Å²) in [6, 6.07) is 0.354. The third kappa shape index (κ3) is 2.05. The van der Waals surface area contributed by atoms with Crippen LogP contribution in [0.3, 0.4) is 0 Å². The van der Waals surface area contributed by atoms with E-state index in [1.165, 1.54) is 5.57 Å². The van der Waals surface area contributed by atoms with Crippen molar-refractivity contribution in [3.63, 3.8) is 0 Å². The molecule has 0 bridgehead atoms. The molecule has 2 rings (SSSR count). The summed E-state index contributed by atoms with van der Waals surface area (Å²) in [4.78, 5) is 14.0. The first-order valence-electron chi connectivity index (χ1n) is 5.65. The predicted molar refractivity (Wildman–Crippen MR) is 60.1 cm³/mol. The molecule has 2 aliphatic rings. The highest BCUT2D eigenvalue weighted by Gasteiger charge is 2.42. The first kappa shape index (κ1) is 11.8. The van der Waals surface area contributed by atoms with Crippen molar-refractivity contribution >= 4 is 5.78 Å². The second kappa shape index (κ2) is 4.65. The Hall–Kier alpha value is -0.710. The molecule has 2 fully saturated rings. The summed E-state index contributed by atoms with van der Waals surface area (Å²) in [5.41, 5.74) is 1.20. The van der Waals surface area contributed by atoms with Crippen molar-refractivity contribution in [3.8, 4) is 0 Å². The van der Waals surface area contributed by atoms with Gasteiger partial charge in [-0.25, -0.2) is 0 Å². The highest BCUT2D eigenvalue weighted by atomic mass is 16.7. The van der Waals surface area contributed by atoms with Gasteiger partial charge in [0.05, 0.1) is 6.04 Å². The number of Topliss-reactive ketones (excluding diaryl/α,β-unsaturated/α-hetero) is 1. The van der Waals surface area contributed by atoms with Crippen molar-refractivity contribution in [2.45, 2.75) is 37.6 Å². The number of rotatable bonds is 3. The number of ketones is 1. The van der Waals surface area contributed by atoms with E-state index in [1.807, 2.05) is 0 Å². The van der Waals surface area contributed by atoms with Crippen LogP contribution in [-0.2, 0) is 14.3 Å². The van der Waals surface area contributed by atoms with Crippen molar-refractivity contribution in [3.05, 3.63) is 12.2 Å². The normalized spacial score (nSPS) is 31.2. The summed E-state index contributed by atoms with van der Waals surface area (Å²) >= 11 is 0. The number of fused-ring (bicyclic) bond motifs is 1. The molecule has 2 atom stereocenters. The molecule has 0 spiro atoms. The maximum Gasteiger partial charge on any atom is 0.172 e. The van der Waals surface area contributed by atoms with Crippen LogP contribution in [-0.4, -0.2) is 49.8 Å². The lowest BCUT2D eigenvalue weighted by atomic mass is 9.95. The van der Waals surface area contributed by atoms with Gasteiger partial charge in [0.25, 0.3) is 0 Å². The van der Waals surface area contributed by atoms with Crippen molar-refractivity contribution in [1.82, 2.24) is 4.90 Å². The topological polar surface area (TPSA) is 38.8 Å². The zero-order valence-corrected chi connectivity index (χ0v) is 9.94. The molecular formula is C12H19NO3. The number of nitrogens with zero attached hydrogens (tertiary/aromatic N) is 1. The second-order valence-electron chi connectivity index (χ2n) is 4.63. The Labute approximate surface area is 96.2 Å². The number of carbonyl (C=O) groups is 1. The number of piperidine rings is 1. The molecule has 0 saturated carbocycles. The molecule has 2 heterocycles. The van der Waals surface area contributed by atoms with Gasteiger partial charge in [-0.15, -0.1) is 0 Å². The van der Waals surface area contributed by atoms with Crippen LogP contribution in [0.5, 0.6) is 0 Å². The lowest BCUT2D eigenvalue weighted by Gasteiger charge is -2.39. The molecular weight excluding hydrogens is 206 g/mol. The standard InChI is InChI=1S/C12H19NO3/c1-8-4-9-5-10(14)6-11(13(9)7-8)12(15-2)16-3/h9,11-12H,1,4-7H2,2-3H3/t9-,11+/m0/s1. The highest BCUT2D eigenvalue weighted by Crippen LogP contribution is 2.33. The highest BCUT2D eigenvalue weighted by molar-refractivity contribution is 5.80. The molecule has 0 radical (unpaired) electrons. The van der Waals surface area contributed by atoms with Gasteiger partial charge in [-0.2, -0.15) is 0 Å². The molecule has 0 amide bonds. The van der Waals surface area contributed by atoms with Crippen LogP contribution >= 0.6 is 0 Å². The fourth-order valence-electron chi connectivity index (χ4n) is 2.84. The molecule has 0 aromatic heterocycles. The van der Waals surface area contributed by atoms with Crippen LogP contribution in [0.25, 0.3) is 0 Å². The summed E-state index contributed by atoms with van der Waals surface area (Å²) in [5, 5.41) is 0. The number of methoxy groups -OCH3 is 2. The van der Waals surface area contributed by atoms with Gasteiger partial charge in [-0.3, -0.25) is 9.69 Å². The Bertz CT molecular complexity index is 299. The number of carbonyl (C=O) groups excluding carboxylic acids is 1. The second-order valence-corrected chi connectivity index (χ2v) is 4.63. The molecule has 4 nitrogen and oxygen atoms in total. The maximum absolute atomic E-state index is 11.7. The van der Waals surface area contributed by atoms with Gasteiger partial charge in [-0.05, 0) is 6.42 Å². The minimum atomic E-state index is -0.322. The Kier molecular flexibility index (Phi) is 3.42. The minimum absolute atomic E-state index is 0.0421. The van der Waals surface area contributed by atoms with Gasteiger partial charge in [0.2, 0.25) is 0 Å². The molecule has 0 aromatic rings. The molecule has 2 aliphatic heterocycles. The molecule has 0 N–H and O–H groups in total. The van der Waals surface area contributed by atoms with Gasteiger partial charge < -0.3 is 9.47 Å². The summed E-state index contributed by atoms with van der Waals surface area (Å²) in [5.74, 6) is 0.306. The van der Waals surface area contributed by atoms with Crippen LogP contribution in [0, 0.1) is 0 Å². The van der Waals surface area contributed by atoms with Crippen molar-refractivity contribution < 1.29 is 14.3 Å². The lowest BCUT2D eigenvalue weighted by molar-refractivity contribution is -0.162. The zero-order valence-electron chi connectivity index (χ0n) is 9.94. The Morgan fingerprint density at radius 3 is 2.62 bits per heavy atom. The largest absolute Gasteiger partial charge is 0.354 e. The first-order chi connectivity index (χ1) is 7.65. The molecule has 90 valence electrons. The molecule has 0 aromatic carbocycles. The van der Waals surface area contributed by atoms with E-state index in [0.717, 1.165) is 13.0 Å². The average Bonchev–Trinajstić information content (AvgIpc) is 2.60. The Morgan fingerprint density at radius 1 is 1.31 bits per heavy atom. The van der Waals surface area contributed by atoms with Gasteiger partial charge in [0.15, 0.2) is 6.29 Å². The van der Waals surface area contributed by atoms with E-state index in [4.69, 9.17) is 9.47 Å². The van der Waals surface area contributed by atoms with Crippen molar-refractivity contribution in [1.29, 1.82) is 0 Å². The smallest absolute Gasteiger partial charge is 0.172 e. The summed E-state index contributed by atoms with van der Waals surface area (Å²) in [7, 11) is 3.24. The molecule has 0 unspecified atom stereocenters. The van der Waals surface area contributed by atoms with E-state index in [2.05, 4.69) is 11.5 Å². The minimum Gasteiger partial charge on any atom is -0.354 e. The first-order valence-corrected chi connectivity index (χ1v) is 5.65. The SMILES string of the molecule is C=C1C[C@H]2CC(=O)C[C@H](C(OC)OC)N2C1. The van der Waals surface area contributed by atoms with E-state index in [-0.39, 0.29) is 12.3 Å². The molecule has 0 aliphatic carbocycles. The summed E-state index contributed by atoms with van der Waals surface area (Å²) < 4.78 is 10.6. The summed E-state index contributed by atoms with van der Waals surface area (Å²) in [6.07, 6.45) is 1.78. The van der Waals surface area contributed by atoms with E-state index in [1.54, 1.807) is 14.2 Å². The fourth-order valence-corrected chi connectivity index (χ4v) is 2.84. The lowest BCUT2D eigenvalue weighted by Crippen LogP contribution is -2.52. The van der Waals surface area contributed by atoms with Crippen molar-refractivity contribution in [2.75, 3.05) is 20.8 Å². The van der Waals surface area contributed by atoms with E-state index in [0.29, 0.717) is 24.7 Å². The van der Waals surface area contributed by atoms with Crippen LogP contribution in [0.2, 0.25) is 0 Å². The average molecular weight is 225 g/mol. The number of ether oxygens (including phenoxy) is 2. The van der Waals surface area contributed by atoms with Gasteiger partial charge in [-0.1, -0.05) is 12.2 Å². The van der Waals surface area contributed by atoms with Gasteiger partial charge >= 0.3 is 0 Å². The van der Waals surface area contributed by atoms with Gasteiger partial charge in [0, 0.05) is 39.6 Å². The Morgan fingerprint density at radius 2 is 2.00 bits per heavy atom. The zero-order chi connectivity index (χ0) is 11.7. The predicted octanol–water partition coefficient (Wildman–Crippen LogP) is 0.967. The van der Waals surface area contributed by atoms with E-state index < -0.39 is 0 Å². The van der Waals surface area contributed by atoms with Crippen molar-refractivity contribution in [2.24, 2.45) is 0 Å². The van der Waals surface area contributed by atoms with Crippen LogP contribution in [0.15, 0.2) is 12.2 Å². The summed E-state index contributed by atoms with van der Waals surface area (Å²) in [6.45, 7) is 4.88. The number of hydrogen-bond acceptors (Lipinski definition) is 4. The van der Waals surface area contributed by atoms with Crippen LogP contribution in [0.1, 0.15) is 19.3 Å². The Balaban J connectivity index is 2.16. The maximum atomic E-state index is 11.7. The monoisotopic (exact) mass is 225 g/mol.